The molecule has 4 heterocycles. The van der Waals surface area contributed by atoms with E-state index in [1.165, 1.54) is 16.9 Å². The van der Waals surface area contributed by atoms with Gasteiger partial charge in [0.2, 0.25) is 11.8 Å². The zero-order chi connectivity index (χ0) is 21.5. The number of carbonyl (C=O) groups is 3. The normalized spacial score (nSPS) is 22.3. The summed E-state index contributed by atoms with van der Waals surface area (Å²) in [7, 11) is 0. The lowest BCUT2D eigenvalue weighted by Gasteiger charge is -2.16. The lowest BCUT2D eigenvalue weighted by atomic mass is 9.98. The largest absolute Gasteiger partial charge is 0.338 e. The highest BCUT2D eigenvalue weighted by Gasteiger charge is 2.38. The number of anilines is 1. The molecule has 6 nitrogen and oxygen atoms in total. The number of hydrogen-bond donors (Lipinski definition) is 1. The summed E-state index contributed by atoms with van der Waals surface area (Å²) in [6.07, 6.45) is 9.40. The smallest absolute Gasteiger partial charge is 0.246 e. The van der Waals surface area contributed by atoms with E-state index in [0.717, 1.165) is 34.5 Å². The molecule has 2 aromatic rings. The number of thiophene rings is 1. The van der Waals surface area contributed by atoms with Crippen LogP contribution in [0.1, 0.15) is 46.1 Å². The Hall–Kier alpha value is -3.06. The fraction of sp³-hybridized carbons (Fsp3) is 0.333. The lowest BCUT2D eigenvalue weighted by Crippen LogP contribution is -2.27. The van der Waals surface area contributed by atoms with E-state index in [-0.39, 0.29) is 17.6 Å². The van der Waals surface area contributed by atoms with Crippen LogP contribution < -0.4 is 5.32 Å². The number of amides is 2. The molecule has 3 aliphatic rings. The van der Waals surface area contributed by atoms with Crippen molar-refractivity contribution in [3.63, 3.8) is 0 Å². The molecule has 0 bridgehead atoms. The summed E-state index contributed by atoms with van der Waals surface area (Å²) >= 11 is 1.50. The van der Waals surface area contributed by atoms with Crippen LogP contribution in [0.3, 0.4) is 0 Å². The number of allylic oxidation sites excluding steroid dienone is 1. The third kappa shape index (κ3) is 3.85. The monoisotopic (exact) mass is 433 g/mol. The number of aryl methyl sites for hydroxylation is 1. The molecule has 1 aliphatic carbocycles. The Labute approximate surface area is 184 Å². The maximum Gasteiger partial charge on any atom is 0.246 e. The first kappa shape index (κ1) is 19.9. The second kappa shape index (κ2) is 7.89. The topological polar surface area (TPSA) is 79.4 Å². The van der Waals surface area contributed by atoms with Crippen molar-refractivity contribution in [3.05, 3.63) is 57.4 Å². The van der Waals surface area contributed by atoms with Crippen molar-refractivity contribution in [1.29, 1.82) is 0 Å². The van der Waals surface area contributed by atoms with Gasteiger partial charge in [0.25, 0.3) is 0 Å². The molecule has 0 radical (unpaired) electrons. The van der Waals surface area contributed by atoms with Gasteiger partial charge in [-0.3, -0.25) is 14.4 Å². The molecule has 1 saturated heterocycles. The average Bonchev–Trinajstić information content (AvgIpc) is 3.46. The molecule has 5 rings (SSSR count). The van der Waals surface area contributed by atoms with Crippen LogP contribution in [0, 0.1) is 11.8 Å². The quantitative estimate of drug-likeness (QED) is 0.588. The van der Waals surface area contributed by atoms with Gasteiger partial charge in [-0.15, -0.1) is 11.3 Å². The zero-order valence-electron chi connectivity index (χ0n) is 17.3. The van der Waals surface area contributed by atoms with Crippen LogP contribution in [0.5, 0.6) is 0 Å². The van der Waals surface area contributed by atoms with Crippen molar-refractivity contribution >= 4 is 46.4 Å². The summed E-state index contributed by atoms with van der Waals surface area (Å²) in [5, 5.41) is 4.75. The number of fused-ring (bicyclic) bond motifs is 2. The van der Waals surface area contributed by atoms with E-state index in [9.17, 15) is 14.4 Å². The predicted molar refractivity (Wildman–Crippen MR) is 121 cm³/mol. The van der Waals surface area contributed by atoms with E-state index in [2.05, 4.69) is 16.4 Å². The molecule has 7 heteroatoms. The first-order chi connectivity index (χ1) is 15.0. The number of likely N-dealkylation sites (tertiary alicyclic amines) is 1. The van der Waals surface area contributed by atoms with E-state index in [0.29, 0.717) is 37.0 Å². The highest BCUT2D eigenvalue weighted by Crippen LogP contribution is 2.42. The number of hydrogen-bond acceptors (Lipinski definition) is 5. The minimum absolute atomic E-state index is 0.00762. The SMILES string of the molecule is CC(=O)c1sccc1C1=CC2CN(C(=O)C=Cc3cnc4c(c3)CCC(=O)N4)CC2C1. The minimum atomic E-state index is -0.00762. The van der Waals surface area contributed by atoms with Crippen LogP contribution >= 0.6 is 11.3 Å². The zero-order valence-corrected chi connectivity index (χ0v) is 18.1. The van der Waals surface area contributed by atoms with E-state index in [4.69, 9.17) is 0 Å². The summed E-state index contributed by atoms with van der Waals surface area (Å²) < 4.78 is 0. The molecular formula is C24H23N3O3S. The lowest BCUT2D eigenvalue weighted by molar-refractivity contribution is -0.125. The maximum atomic E-state index is 12.7. The van der Waals surface area contributed by atoms with Crippen molar-refractivity contribution in [2.75, 3.05) is 18.4 Å². The number of rotatable bonds is 4. The van der Waals surface area contributed by atoms with Crippen LogP contribution in [0.2, 0.25) is 0 Å². The van der Waals surface area contributed by atoms with Crippen LogP contribution in [0.25, 0.3) is 11.6 Å². The van der Waals surface area contributed by atoms with Crippen molar-refractivity contribution in [2.24, 2.45) is 11.8 Å². The highest BCUT2D eigenvalue weighted by atomic mass is 32.1. The average molecular weight is 434 g/mol. The van der Waals surface area contributed by atoms with Gasteiger partial charge in [0.05, 0.1) is 4.88 Å². The second-order valence-electron chi connectivity index (χ2n) is 8.44. The first-order valence-corrected chi connectivity index (χ1v) is 11.4. The fourth-order valence-electron chi connectivity index (χ4n) is 4.76. The molecule has 0 spiro atoms. The summed E-state index contributed by atoms with van der Waals surface area (Å²) in [6, 6.07) is 4.02. The Morgan fingerprint density at radius 1 is 1.29 bits per heavy atom. The van der Waals surface area contributed by atoms with Crippen molar-refractivity contribution in [1.82, 2.24) is 9.88 Å². The van der Waals surface area contributed by atoms with Gasteiger partial charge in [-0.05, 0) is 77.5 Å². The van der Waals surface area contributed by atoms with Gasteiger partial charge < -0.3 is 10.2 Å². The molecule has 0 saturated carbocycles. The van der Waals surface area contributed by atoms with Gasteiger partial charge >= 0.3 is 0 Å². The molecule has 31 heavy (non-hydrogen) atoms. The number of Topliss-reactive ketones (excluding diaryl/α,β-unsaturated/α-hetero) is 1. The van der Waals surface area contributed by atoms with Gasteiger partial charge in [0.15, 0.2) is 5.78 Å². The number of nitrogens with zero attached hydrogens (tertiary/aromatic N) is 2. The second-order valence-corrected chi connectivity index (χ2v) is 9.36. The number of nitrogens with one attached hydrogen (secondary N) is 1. The third-order valence-electron chi connectivity index (χ3n) is 6.32. The first-order valence-electron chi connectivity index (χ1n) is 10.5. The molecule has 2 unspecified atom stereocenters. The van der Waals surface area contributed by atoms with Gasteiger partial charge in [-0.25, -0.2) is 4.98 Å². The van der Waals surface area contributed by atoms with E-state index < -0.39 is 0 Å². The Morgan fingerprint density at radius 2 is 2.16 bits per heavy atom. The molecule has 2 aromatic heterocycles. The molecule has 158 valence electrons. The van der Waals surface area contributed by atoms with Gasteiger partial charge in [0, 0.05) is 31.8 Å². The van der Waals surface area contributed by atoms with Crippen LogP contribution in [0.4, 0.5) is 5.82 Å². The summed E-state index contributed by atoms with van der Waals surface area (Å²) in [6.45, 7) is 3.07. The molecule has 1 N–H and O–H groups in total. The molecule has 2 amide bonds. The minimum Gasteiger partial charge on any atom is -0.338 e. The van der Waals surface area contributed by atoms with Gasteiger partial charge in [-0.1, -0.05) is 6.08 Å². The van der Waals surface area contributed by atoms with Gasteiger partial charge in [-0.2, -0.15) is 0 Å². The Balaban J connectivity index is 1.24. The fourth-order valence-corrected chi connectivity index (χ4v) is 5.60. The molecular weight excluding hydrogens is 410 g/mol. The summed E-state index contributed by atoms with van der Waals surface area (Å²) in [5.74, 6) is 1.50. The molecule has 1 fully saturated rings. The van der Waals surface area contributed by atoms with Gasteiger partial charge in [0.1, 0.15) is 5.82 Å². The van der Waals surface area contributed by atoms with Crippen molar-refractivity contribution in [2.45, 2.75) is 26.2 Å². The van der Waals surface area contributed by atoms with E-state index >= 15 is 0 Å². The number of pyridine rings is 1. The molecule has 2 aliphatic heterocycles. The van der Waals surface area contributed by atoms with E-state index in [1.54, 1.807) is 25.3 Å². The Kier molecular flexibility index (Phi) is 5.06. The van der Waals surface area contributed by atoms with Crippen molar-refractivity contribution in [3.8, 4) is 0 Å². The summed E-state index contributed by atoms with van der Waals surface area (Å²) in [5.41, 5.74) is 4.18. The Morgan fingerprint density at radius 3 is 2.97 bits per heavy atom. The standard InChI is InChI=1S/C24H23N3O3S/c1-14(28)23-20(6-7-31-23)17-9-18-12-27(13-19(18)10-17)22(30)5-2-15-8-16-3-4-21(29)26-24(16)25-11-15/h2,5-9,11,18-19H,3-4,10,12-13H2,1H3,(H,25,26,29). The Bertz CT molecular complexity index is 1150. The predicted octanol–water partition coefficient (Wildman–Crippen LogP) is 3.81. The number of aromatic nitrogens is 1. The maximum absolute atomic E-state index is 12.7. The van der Waals surface area contributed by atoms with Crippen LogP contribution in [0.15, 0.2) is 35.9 Å². The van der Waals surface area contributed by atoms with Crippen molar-refractivity contribution < 1.29 is 14.4 Å². The van der Waals surface area contributed by atoms with Crippen LogP contribution in [-0.4, -0.2) is 40.6 Å². The molecule has 2 atom stereocenters. The highest BCUT2D eigenvalue weighted by molar-refractivity contribution is 7.12. The van der Waals surface area contributed by atoms with Crippen LogP contribution in [-0.2, 0) is 16.0 Å². The number of ketones is 1. The molecule has 0 aromatic carbocycles. The number of carbonyl (C=O) groups excluding carboxylic acids is 3. The summed E-state index contributed by atoms with van der Waals surface area (Å²) in [4.78, 5) is 43.1. The third-order valence-corrected chi connectivity index (χ3v) is 7.33. The van der Waals surface area contributed by atoms with E-state index in [1.807, 2.05) is 22.4 Å².